The summed E-state index contributed by atoms with van der Waals surface area (Å²) < 4.78 is 11.8. The van der Waals surface area contributed by atoms with Crippen LogP contribution in [0.2, 0.25) is 0 Å². The van der Waals surface area contributed by atoms with Gasteiger partial charge in [-0.05, 0) is 39.9 Å². The van der Waals surface area contributed by atoms with Crippen molar-refractivity contribution in [1.82, 2.24) is 4.90 Å². The van der Waals surface area contributed by atoms with Gasteiger partial charge in [0.25, 0.3) is 0 Å². The number of carbonyl (C=O) groups excluding carboxylic acids is 1. The van der Waals surface area contributed by atoms with E-state index in [1.165, 1.54) is 4.90 Å². The van der Waals surface area contributed by atoms with E-state index in [0.717, 1.165) is 32.3 Å². The van der Waals surface area contributed by atoms with Crippen LogP contribution in [0.25, 0.3) is 11.1 Å². The highest BCUT2D eigenvalue weighted by Gasteiger charge is 2.42. The second kappa shape index (κ2) is 9.14. The van der Waals surface area contributed by atoms with Gasteiger partial charge in [0, 0.05) is 29.4 Å². The summed E-state index contributed by atoms with van der Waals surface area (Å²) in [6.07, 6.45) is -0.486. The minimum atomic E-state index is -0.929. The molecule has 2 unspecified atom stereocenters. The number of carboxylic acids is 1. The minimum absolute atomic E-state index is 0.0410. The SMILES string of the molecule is COc1ccc(C2CN(C(=O)OCC3c4ccccc4-c4ccccc43)CC2C(=O)O)c(Br)c1. The maximum absolute atomic E-state index is 13.0. The third-order valence-electron chi connectivity index (χ3n) is 6.84. The normalized spacial score (nSPS) is 18.9. The van der Waals surface area contributed by atoms with Crippen LogP contribution in [0.5, 0.6) is 5.75 Å². The average molecular weight is 522 g/mol. The molecular formula is C27H24BrNO5. The Morgan fingerprint density at radius 1 is 0.971 bits per heavy atom. The van der Waals surface area contributed by atoms with Gasteiger partial charge in [-0.25, -0.2) is 4.79 Å². The molecule has 1 amide bonds. The van der Waals surface area contributed by atoms with Crippen molar-refractivity contribution in [2.75, 3.05) is 26.8 Å². The molecule has 1 aliphatic heterocycles. The number of carbonyl (C=O) groups is 2. The number of halogens is 1. The summed E-state index contributed by atoms with van der Waals surface area (Å²) in [5.74, 6) is -1.36. The van der Waals surface area contributed by atoms with Crippen LogP contribution in [-0.4, -0.2) is 48.9 Å². The number of aliphatic carboxylic acids is 1. The first kappa shape index (κ1) is 22.5. The van der Waals surface area contributed by atoms with Crippen LogP contribution in [0.1, 0.15) is 28.5 Å². The number of amides is 1. The molecule has 2 atom stereocenters. The molecule has 1 fully saturated rings. The number of nitrogens with zero attached hydrogens (tertiary/aromatic N) is 1. The summed E-state index contributed by atoms with van der Waals surface area (Å²) in [5.41, 5.74) is 5.44. The van der Waals surface area contributed by atoms with E-state index in [0.29, 0.717) is 5.75 Å². The van der Waals surface area contributed by atoms with Gasteiger partial charge in [0.15, 0.2) is 0 Å². The number of methoxy groups -OCH3 is 1. The van der Waals surface area contributed by atoms with Gasteiger partial charge in [0.05, 0.1) is 13.0 Å². The fourth-order valence-corrected chi connectivity index (χ4v) is 5.79. The largest absolute Gasteiger partial charge is 0.497 e. The lowest BCUT2D eigenvalue weighted by atomic mass is 9.89. The average Bonchev–Trinajstić information content (AvgIpc) is 3.43. The third kappa shape index (κ3) is 3.94. The highest BCUT2D eigenvalue weighted by atomic mass is 79.9. The topological polar surface area (TPSA) is 76.1 Å². The van der Waals surface area contributed by atoms with Crippen molar-refractivity contribution < 1.29 is 24.2 Å². The number of hydrogen-bond acceptors (Lipinski definition) is 4. The van der Waals surface area contributed by atoms with E-state index in [1.807, 2.05) is 36.4 Å². The molecule has 174 valence electrons. The molecule has 3 aromatic carbocycles. The van der Waals surface area contributed by atoms with E-state index in [9.17, 15) is 14.7 Å². The Bertz CT molecular complexity index is 1210. The number of benzene rings is 3. The molecule has 5 rings (SSSR count). The molecule has 2 aliphatic rings. The van der Waals surface area contributed by atoms with Crippen LogP contribution in [-0.2, 0) is 9.53 Å². The van der Waals surface area contributed by atoms with E-state index < -0.39 is 18.0 Å². The van der Waals surface area contributed by atoms with Gasteiger partial charge >= 0.3 is 12.1 Å². The lowest BCUT2D eigenvalue weighted by Gasteiger charge is -2.20. The Kier molecular flexibility index (Phi) is 6.04. The van der Waals surface area contributed by atoms with Crippen molar-refractivity contribution in [2.24, 2.45) is 5.92 Å². The quantitative estimate of drug-likeness (QED) is 0.479. The zero-order chi connectivity index (χ0) is 23.8. The molecule has 0 aromatic heterocycles. The zero-order valence-corrected chi connectivity index (χ0v) is 20.2. The summed E-state index contributed by atoms with van der Waals surface area (Å²) >= 11 is 3.53. The Balaban J connectivity index is 1.33. The Morgan fingerprint density at radius 3 is 2.21 bits per heavy atom. The van der Waals surface area contributed by atoms with Crippen molar-refractivity contribution >= 4 is 28.0 Å². The van der Waals surface area contributed by atoms with Gasteiger partial charge in [-0.1, -0.05) is 70.5 Å². The van der Waals surface area contributed by atoms with Crippen LogP contribution in [0, 0.1) is 5.92 Å². The highest BCUT2D eigenvalue weighted by Crippen LogP contribution is 2.45. The summed E-state index contributed by atoms with van der Waals surface area (Å²) in [6.45, 7) is 0.589. The van der Waals surface area contributed by atoms with E-state index in [2.05, 4.69) is 40.2 Å². The molecule has 1 heterocycles. The first-order chi connectivity index (χ1) is 16.5. The van der Waals surface area contributed by atoms with Crippen molar-refractivity contribution in [3.8, 4) is 16.9 Å². The van der Waals surface area contributed by atoms with Crippen LogP contribution < -0.4 is 4.74 Å². The first-order valence-corrected chi connectivity index (χ1v) is 11.9. The second-order valence-corrected chi connectivity index (χ2v) is 9.50. The maximum atomic E-state index is 13.0. The highest BCUT2D eigenvalue weighted by molar-refractivity contribution is 9.10. The molecule has 7 heteroatoms. The van der Waals surface area contributed by atoms with Crippen LogP contribution in [0.4, 0.5) is 4.79 Å². The van der Waals surface area contributed by atoms with Gasteiger partial charge in [-0.3, -0.25) is 4.79 Å². The van der Waals surface area contributed by atoms with Crippen LogP contribution in [0.15, 0.2) is 71.2 Å². The van der Waals surface area contributed by atoms with E-state index in [1.54, 1.807) is 13.2 Å². The molecule has 0 radical (unpaired) electrons. The van der Waals surface area contributed by atoms with Gasteiger partial charge < -0.3 is 19.5 Å². The molecule has 1 N–H and O–H groups in total. The number of hydrogen-bond donors (Lipinski definition) is 1. The molecule has 1 aliphatic carbocycles. The van der Waals surface area contributed by atoms with Crippen molar-refractivity contribution in [3.05, 3.63) is 87.9 Å². The Morgan fingerprint density at radius 2 is 1.62 bits per heavy atom. The fraction of sp³-hybridized carbons (Fsp3) is 0.259. The summed E-state index contributed by atoms with van der Waals surface area (Å²) in [5, 5.41) is 9.84. The smallest absolute Gasteiger partial charge is 0.409 e. The van der Waals surface area contributed by atoms with Gasteiger partial charge in [0.1, 0.15) is 12.4 Å². The summed E-state index contributed by atoms with van der Waals surface area (Å²) in [4.78, 5) is 26.6. The Hall–Kier alpha value is -3.32. The van der Waals surface area contributed by atoms with E-state index in [4.69, 9.17) is 9.47 Å². The number of rotatable bonds is 5. The van der Waals surface area contributed by atoms with Gasteiger partial charge in [-0.2, -0.15) is 0 Å². The van der Waals surface area contributed by atoms with Crippen LogP contribution >= 0.6 is 15.9 Å². The molecule has 0 bridgehead atoms. The second-order valence-electron chi connectivity index (χ2n) is 8.65. The van der Waals surface area contributed by atoms with Gasteiger partial charge in [-0.15, -0.1) is 0 Å². The molecule has 34 heavy (non-hydrogen) atoms. The third-order valence-corrected chi connectivity index (χ3v) is 7.53. The summed E-state index contributed by atoms with van der Waals surface area (Å²) in [7, 11) is 1.58. The van der Waals surface area contributed by atoms with E-state index >= 15 is 0 Å². The standard InChI is InChI=1S/C27H24BrNO5/c1-33-16-10-11-21(25(28)12-16)22-13-29(14-23(22)26(30)31)27(32)34-15-24-19-8-4-2-6-17(19)18-7-3-5-9-20(18)24/h2-12,22-24H,13-15H2,1H3,(H,30,31). The number of carboxylic acid groups (broad SMARTS) is 1. The lowest BCUT2D eigenvalue weighted by Crippen LogP contribution is -2.31. The lowest BCUT2D eigenvalue weighted by molar-refractivity contribution is -0.141. The fourth-order valence-electron chi connectivity index (χ4n) is 5.14. The number of likely N-dealkylation sites (tertiary alicyclic amines) is 1. The van der Waals surface area contributed by atoms with Crippen molar-refractivity contribution in [2.45, 2.75) is 11.8 Å². The van der Waals surface area contributed by atoms with Crippen LogP contribution in [0.3, 0.4) is 0 Å². The van der Waals surface area contributed by atoms with E-state index in [-0.39, 0.29) is 31.5 Å². The maximum Gasteiger partial charge on any atom is 0.409 e. The molecule has 1 saturated heterocycles. The molecular weight excluding hydrogens is 498 g/mol. The molecule has 0 saturated carbocycles. The predicted octanol–water partition coefficient (Wildman–Crippen LogP) is 5.51. The summed E-state index contributed by atoms with van der Waals surface area (Å²) in [6, 6.07) is 21.8. The molecule has 0 spiro atoms. The monoisotopic (exact) mass is 521 g/mol. The van der Waals surface area contributed by atoms with Crippen molar-refractivity contribution in [3.63, 3.8) is 0 Å². The first-order valence-electron chi connectivity index (χ1n) is 11.1. The Labute approximate surface area is 206 Å². The number of ether oxygens (including phenoxy) is 2. The number of fused-ring (bicyclic) bond motifs is 3. The minimum Gasteiger partial charge on any atom is -0.497 e. The predicted molar refractivity (Wildman–Crippen MR) is 131 cm³/mol. The molecule has 6 nitrogen and oxygen atoms in total. The zero-order valence-electron chi connectivity index (χ0n) is 18.6. The van der Waals surface area contributed by atoms with Gasteiger partial charge in [0.2, 0.25) is 0 Å². The molecule has 3 aromatic rings. The van der Waals surface area contributed by atoms with Crippen molar-refractivity contribution in [1.29, 1.82) is 0 Å².